The molecule has 0 unspecified atom stereocenters. The van der Waals surface area contributed by atoms with Gasteiger partial charge >= 0.3 is 0 Å². The summed E-state index contributed by atoms with van der Waals surface area (Å²) in [6, 6.07) is 13.9. The molecular weight excluding hydrogens is 400 g/mol. The van der Waals surface area contributed by atoms with Crippen LogP contribution >= 0.6 is 23.4 Å². The van der Waals surface area contributed by atoms with E-state index in [1.54, 1.807) is 38.3 Å². The number of ether oxygens (including phenoxy) is 1. The van der Waals surface area contributed by atoms with E-state index in [2.05, 4.69) is 15.5 Å². The summed E-state index contributed by atoms with van der Waals surface area (Å²) >= 11 is 7.13. The fourth-order valence-corrected chi connectivity index (χ4v) is 3.15. The third-order valence-corrected chi connectivity index (χ3v) is 4.99. The third-order valence-electron chi connectivity index (χ3n) is 3.75. The van der Waals surface area contributed by atoms with Crippen molar-refractivity contribution >= 4 is 35.0 Å². The second-order valence-electron chi connectivity index (χ2n) is 5.66. The molecule has 3 rings (SSSR count). The fraction of sp³-hybridized carbons (Fsp3) is 0.158. The lowest BCUT2D eigenvalue weighted by atomic mass is 10.2. The minimum Gasteiger partial charge on any atom is -0.497 e. The number of nitrogens with zero attached hydrogens (tertiary/aromatic N) is 3. The van der Waals surface area contributed by atoms with Crippen LogP contribution in [0.3, 0.4) is 0 Å². The molecule has 9 heteroatoms. The summed E-state index contributed by atoms with van der Waals surface area (Å²) in [7, 11) is 1.59. The van der Waals surface area contributed by atoms with E-state index in [-0.39, 0.29) is 16.2 Å². The standard InChI is InChI=1S/C19H15ClN4O3S/c1-11(17(25)22-14-6-3-13(10-21)16(20)9-14)28-19-24-23-18(27-19)12-4-7-15(26-2)8-5-12/h3-9,11H,1-2H3,(H,22,25)/t11-/m1/s1. The highest BCUT2D eigenvalue weighted by molar-refractivity contribution is 8.00. The van der Waals surface area contributed by atoms with E-state index < -0.39 is 5.25 Å². The van der Waals surface area contributed by atoms with Crippen molar-refractivity contribution in [3.63, 3.8) is 0 Å². The van der Waals surface area contributed by atoms with Crippen LogP contribution in [-0.2, 0) is 4.79 Å². The van der Waals surface area contributed by atoms with Crippen LogP contribution in [0.5, 0.6) is 5.75 Å². The molecule has 2 aromatic carbocycles. The lowest BCUT2D eigenvalue weighted by Gasteiger charge is -2.10. The Kier molecular flexibility index (Phi) is 6.19. The molecule has 0 aliphatic heterocycles. The normalized spacial score (nSPS) is 11.5. The first-order chi connectivity index (χ1) is 13.5. The van der Waals surface area contributed by atoms with Crippen molar-refractivity contribution in [1.29, 1.82) is 5.26 Å². The average molecular weight is 415 g/mol. The summed E-state index contributed by atoms with van der Waals surface area (Å²) in [5, 5.41) is 19.7. The Morgan fingerprint density at radius 2 is 2.04 bits per heavy atom. The highest BCUT2D eigenvalue weighted by Crippen LogP contribution is 2.28. The minimum atomic E-state index is -0.487. The molecule has 0 bridgehead atoms. The molecule has 7 nitrogen and oxygen atoms in total. The van der Waals surface area contributed by atoms with Crippen LogP contribution in [0.15, 0.2) is 52.1 Å². The highest BCUT2D eigenvalue weighted by atomic mass is 35.5. The number of halogens is 1. The number of nitriles is 1. The first-order valence-electron chi connectivity index (χ1n) is 8.15. The molecule has 0 aliphatic carbocycles. The van der Waals surface area contributed by atoms with Crippen LogP contribution in [0, 0.1) is 11.3 Å². The molecule has 3 aromatic rings. The maximum atomic E-state index is 12.4. The van der Waals surface area contributed by atoms with Gasteiger partial charge < -0.3 is 14.5 Å². The van der Waals surface area contributed by atoms with Crippen molar-refractivity contribution in [3.05, 3.63) is 53.1 Å². The van der Waals surface area contributed by atoms with Gasteiger partial charge in [-0.25, -0.2) is 0 Å². The van der Waals surface area contributed by atoms with Gasteiger partial charge in [0, 0.05) is 11.3 Å². The van der Waals surface area contributed by atoms with E-state index in [0.29, 0.717) is 17.1 Å². The number of aromatic nitrogens is 2. The van der Waals surface area contributed by atoms with E-state index in [0.717, 1.165) is 23.1 Å². The Hall–Kier alpha value is -3.02. The number of hydrogen-bond acceptors (Lipinski definition) is 7. The smallest absolute Gasteiger partial charge is 0.277 e. The van der Waals surface area contributed by atoms with Crippen LogP contribution in [0.1, 0.15) is 12.5 Å². The van der Waals surface area contributed by atoms with Crippen molar-refractivity contribution in [3.8, 4) is 23.3 Å². The predicted molar refractivity (Wildman–Crippen MR) is 106 cm³/mol. The van der Waals surface area contributed by atoms with Gasteiger partial charge in [0.05, 0.1) is 22.9 Å². The second kappa shape index (κ2) is 8.78. The maximum Gasteiger partial charge on any atom is 0.277 e. The Morgan fingerprint density at radius 3 is 2.68 bits per heavy atom. The summed E-state index contributed by atoms with van der Waals surface area (Å²) in [6.07, 6.45) is 0. The lowest BCUT2D eigenvalue weighted by Crippen LogP contribution is -2.22. The Labute approximate surface area is 170 Å². The van der Waals surface area contributed by atoms with Crippen molar-refractivity contribution in [2.24, 2.45) is 0 Å². The molecule has 0 aliphatic rings. The predicted octanol–water partition coefficient (Wildman–Crippen LogP) is 4.39. The highest BCUT2D eigenvalue weighted by Gasteiger charge is 2.19. The average Bonchev–Trinajstić information content (AvgIpc) is 3.16. The molecule has 1 aromatic heterocycles. The molecule has 1 N–H and O–H groups in total. The molecule has 0 spiro atoms. The number of methoxy groups -OCH3 is 1. The molecular formula is C19H15ClN4O3S. The van der Waals surface area contributed by atoms with E-state index in [1.807, 2.05) is 18.2 Å². The van der Waals surface area contributed by atoms with Crippen LogP contribution < -0.4 is 10.1 Å². The molecule has 0 fully saturated rings. The van der Waals surface area contributed by atoms with Gasteiger partial charge in [-0.15, -0.1) is 10.2 Å². The van der Waals surface area contributed by atoms with Gasteiger partial charge in [0.25, 0.3) is 5.22 Å². The summed E-state index contributed by atoms with van der Waals surface area (Å²) < 4.78 is 10.7. The molecule has 1 amide bonds. The lowest BCUT2D eigenvalue weighted by molar-refractivity contribution is -0.115. The number of amides is 1. The van der Waals surface area contributed by atoms with E-state index in [1.165, 1.54) is 6.07 Å². The zero-order valence-corrected chi connectivity index (χ0v) is 16.5. The molecule has 1 heterocycles. The number of thioether (sulfide) groups is 1. The monoisotopic (exact) mass is 414 g/mol. The Balaban J connectivity index is 1.63. The first-order valence-corrected chi connectivity index (χ1v) is 9.41. The Bertz CT molecular complexity index is 1030. The number of carbonyl (C=O) groups is 1. The molecule has 0 saturated carbocycles. The fourth-order valence-electron chi connectivity index (χ4n) is 2.24. The molecule has 1 atom stereocenters. The number of benzene rings is 2. The van der Waals surface area contributed by atoms with Crippen molar-refractivity contribution < 1.29 is 13.9 Å². The number of anilines is 1. The molecule has 28 heavy (non-hydrogen) atoms. The zero-order chi connectivity index (χ0) is 20.1. The van der Waals surface area contributed by atoms with Crippen LogP contribution in [0.25, 0.3) is 11.5 Å². The van der Waals surface area contributed by atoms with Crippen molar-refractivity contribution in [2.45, 2.75) is 17.4 Å². The minimum absolute atomic E-state index is 0.255. The van der Waals surface area contributed by atoms with Crippen LogP contribution in [0.2, 0.25) is 5.02 Å². The van der Waals surface area contributed by atoms with Gasteiger partial charge in [0.1, 0.15) is 11.8 Å². The molecule has 0 saturated heterocycles. The summed E-state index contributed by atoms with van der Waals surface area (Å²) in [5.74, 6) is 0.831. The maximum absolute atomic E-state index is 12.4. The number of nitrogens with one attached hydrogen (secondary N) is 1. The zero-order valence-electron chi connectivity index (χ0n) is 15.0. The van der Waals surface area contributed by atoms with E-state index in [9.17, 15) is 4.79 Å². The van der Waals surface area contributed by atoms with Gasteiger partial charge in [0.15, 0.2) is 0 Å². The number of carbonyl (C=O) groups excluding carboxylic acids is 1. The largest absolute Gasteiger partial charge is 0.497 e. The van der Waals surface area contributed by atoms with Crippen molar-refractivity contribution in [2.75, 3.05) is 12.4 Å². The topological polar surface area (TPSA) is 101 Å². The molecule has 142 valence electrons. The van der Waals surface area contributed by atoms with E-state index >= 15 is 0 Å². The summed E-state index contributed by atoms with van der Waals surface area (Å²) in [6.45, 7) is 1.72. The van der Waals surface area contributed by atoms with Gasteiger partial charge in [-0.2, -0.15) is 5.26 Å². The second-order valence-corrected chi connectivity index (χ2v) is 7.36. The van der Waals surface area contributed by atoms with Gasteiger partial charge in [0.2, 0.25) is 11.8 Å². The Morgan fingerprint density at radius 1 is 1.29 bits per heavy atom. The van der Waals surface area contributed by atoms with Crippen molar-refractivity contribution in [1.82, 2.24) is 10.2 Å². The van der Waals surface area contributed by atoms with Gasteiger partial charge in [-0.3, -0.25) is 4.79 Å². The number of rotatable bonds is 6. The summed E-state index contributed by atoms with van der Waals surface area (Å²) in [5.41, 5.74) is 1.61. The number of hydrogen-bond donors (Lipinski definition) is 1. The SMILES string of the molecule is COc1ccc(-c2nnc(S[C@H](C)C(=O)Nc3ccc(C#N)c(Cl)c3)o2)cc1. The quantitative estimate of drug-likeness (QED) is 0.597. The first kappa shape index (κ1) is 19.7. The molecule has 0 radical (unpaired) electrons. The van der Waals surface area contributed by atoms with Crippen LogP contribution in [-0.4, -0.2) is 28.5 Å². The van der Waals surface area contributed by atoms with E-state index in [4.69, 9.17) is 26.0 Å². The van der Waals surface area contributed by atoms with Crippen LogP contribution in [0.4, 0.5) is 5.69 Å². The van der Waals surface area contributed by atoms with Gasteiger partial charge in [-0.1, -0.05) is 23.4 Å². The summed E-state index contributed by atoms with van der Waals surface area (Å²) in [4.78, 5) is 12.4. The third kappa shape index (κ3) is 4.63. The van der Waals surface area contributed by atoms with Gasteiger partial charge in [-0.05, 0) is 49.4 Å².